The van der Waals surface area contributed by atoms with E-state index in [1.807, 2.05) is 0 Å². The van der Waals surface area contributed by atoms with Crippen LogP contribution in [0.25, 0.3) is 0 Å². The molecule has 1 aromatic carbocycles. The lowest BCUT2D eigenvalue weighted by molar-refractivity contribution is 0.202. The summed E-state index contributed by atoms with van der Waals surface area (Å²) in [6.45, 7) is 6.35. The van der Waals surface area contributed by atoms with Crippen LogP contribution in [0.3, 0.4) is 0 Å². The quantitative estimate of drug-likeness (QED) is 0.752. The summed E-state index contributed by atoms with van der Waals surface area (Å²) in [4.78, 5) is 2.55. The van der Waals surface area contributed by atoms with Crippen LogP contribution in [0.1, 0.15) is 44.7 Å². The van der Waals surface area contributed by atoms with Crippen molar-refractivity contribution in [1.82, 2.24) is 5.32 Å². The van der Waals surface area contributed by atoms with Gasteiger partial charge in [-0.2, -0.15) is 0 Å². The highest BCUT2D eigenvalue weighted by Crippen LogP contribution is 2.38. The molecule has 0 aromatic heterocycles. The van der Waals surface area contributed by atoms with E-state index in [1.165, 1.54) is 24.1 Å². The summed E-state index contributed by atoms with van der Waals surface area (Å²) in [6.07, 6.45) is 3.84. The van der Waals surface area contributed by atoms with Gasteiger partial charge in [0.15, 0.2) is 0 Å². The van der Waals surface area contributed by atoms with Gasteiger partial charge < -0.3 is 15.0 Å². The van der Waals surface area contributed by atoms with Gasteiger partial charge in [-0.05, 0) is 50.8 Å². The van der Waals surface area contributed by atoms with Gasteiger partial charge in [-0.3, -0.25) is 0 Å². The SMILES string of the molecule is CCC(NC)c1ccccc1N(CCOC)C(C)C1CC1. The molecule has 3 heteroatoms. The minimum absolute atomic E-state index is 0.414. The smallest absolute Gasteiger partial charge is 0.0637 e. The Labute approximate surface area is 129 Å². The molecule has 21 heavy (non-hydrogen) atoms. The third kappa shape index (κ3) is 3.98. The molecular formula is C18H30N2O. The van der Waals surface area contributed by atoms with E-state index in [1.54, 1.807) is 7.11 Å². The average Bonchev–Trinajstić information content (AvgIpc) is 3.34. The first kappa shape index (κ1) is 16.3. The Kier molecular flexibility index (Phi) is 6.07. The fraction of sp³-hybridized carbons (Fsp3) is 0.667. The number of benzene rings is 1. The molecule has 0 saturated heterocycles. The Hall–Kier alpha value is -1.06. The van der Waals surface area contributed by atoms with Gasteiger partial charge >= 0.3 is 0 Å². The zero-order valence-corrected chi connectivity index (χ0v) is 13.9. The van der Waals surface area contributed by atoms with E-state index in [9.17, 15) is 0 Å². The van der Waals surface area contributed by atoms with Crippen LogP contribution in [-0.4, -0.2) is 33.4 Å². The summed E-state index contributed by atoms with van der Waals surface area (Å²) < 4.78 is 5.34. The van der Waals surface area contributed by atoms with Gasteiger partial charge in [0.05, 0.1) is 6.61 Å². The van der Waals surface area contributed by atoms with Crippen molar-refractivity contribution < 1.29 is 4.74 Å². The Balaban J connectivity index is 2.29. The fourth-order valence-electron chi connectivity index (χ4n) is 3.19. The summed E-state index contributed by atoms with van der Waals surface area (Å²) in [5, 5.41) is 3.45. The van der Waals surface area contributed by atoms with Crippen LogP contribution in [-0.2, 0) is 4.74 Å². The molecule has 0 spiro atoms. The number of nitrogens with one attached hydrogen (secondary N) is 1. The second kappa shape index (κ2) is 7.81. The Bertz CT molecular complexity index is 427. The second-order valence-electron chi connectivity index (χ2n) is 6.07. The second-order valence-corrected chi connectivity index (χ2v) is 6.07. The lowest BCUT2D eigenvalue weighted by Gasteiger charge is -2.34. The molecule has 1 aromatic rings. The third-order valence-corrected chi connectivity index (χ3v) is 4.71. The van der Waals surface area contributed by atoms with E-state index in [0.29, 0.717) is 12.1 Å². The van der Waals surface area contributed by atoms with Crippen LogP contribution in [0, 0.1) is 5.92 Å². The van der Waals surface area contributed by atoms with E-state index >= 15 is 0 Å². The number of ether oxygens (including phenoxy) is 1. The number of nitrogens with zero attached hydrogens (tertiary/aromatic N) is 1. The van der Waals surface area contributed by atoms with Crippen molar-refractivity contribution >= 4 is 5.69 Å². The van der Waals surface area contributed by atoms with E-state index < -0.39 is 0 Å². The van der Waals surface area contributed by atoms with Gasteiger partial charge in [-0.15, -0.1) is 0 Å². The van der Waals surface area contributed by atoms with E-state index in [0.717, 1.165) is 25.5 Å². The highest BCUT2D eigenvalue weighted by Gasteiger charge is 2.33. The number of methoxy groups -OCH3 is 1. The van der Waals surface area contributed by atoms with Crippen LogP contribution in [0.15, 0.2) is 24.3 Å². The van der Waals surface area contributed by atoms with Crippen LogP contribution >= 0.6 is 0 Å². The number of hydrogen-bond donors (Lipinski definition) is 1. The Morgan fingerprint density at radius 2 is 2.05 bits per heavy atom. The van der Waals surface area contributed by atoms with Crippen molar-refractivity contribution in [1.29, 1.82) is 0 Å². The molecule has 0 bridgehead atoms. The number of anilines is 1. The zero-order chi connectivity index (χ0) is 15.2. The van der Waals surface area contributed by atoms with Crippen molar-refractivity contribution in [3.63, 3.8) is 0 Å². The average molecular weight is 290 g/mol. The van der Waals surface area contributed by atoms with Gasteiger partial charge in [-0.1, -0.05) is 25.1 Å². The highest BCUT2D eigenvalue weighted by molar-refractivity contribution is 5.56. The van der Waals surface area contributed by atoms with Crippen LogP contribution in [0.5, 0.6) is 0 Å². The van der Waals surface area contributed by atoms with Crippen LogP contribution < -0.4 is 10.2 Å². The van der Waals surface area contributed by atoms with Crippen LogP contribution in [0.4, 0.5) is 5.69 Å². The van der Waals surface area contributed by atoms with Gasteiger partial charge in [0.2, 0.25) is 0 Å². The van der Waals surface area contributed by atoms with Crippen molar-refractivity contribution in [2.45, 2.75) is 45.2 Å². The van der Waals surface area contributed by atoms with Crippen molar-refractivity contribution in [3.8, 4) is 0 Å². The Morgan fingerprint density at radius 1 is 1.33 bits per heavy atom. The zero-order valence-electron chi connectivity index (χ0n) is 13.9. The lowest BCUT2D eigenvalue weighted by Crippen LogP contribution is -2.38. The molecule has 0 aliphatic heterocycles. The van der Waals surface area contributed by atoms with Crippen LogP contribution in [0.2, 0.25) is 0 Å². The normalized spacial score (nSPS) is 17.5. The molecule has 1 N–H and O–H groups in total. The molecule has 2 rings (SSSR count). The molecule has 118 valence electrons. The van der Waals surface area contributed by atoms with Crippen molar-refractivity contribution in [3.05, 3.63) is 29.8 Å². The molecule has 3 nitrogen and oxygen atoms in total. The summed E-state index contributed by atoms with van der Waals surface area (Å²) in [6, 6.07) is 9.84. The molecule has 0 amide bonds. The lowest BCUT2D eigenvalue weighted by atomic mass is 10.00. The standard InChI is InChI=1S/C18H30N2O/c1-5-17(19-3)16-8-6-7-9-18(16)20(12-13-21-4)14(2)15-10-11-15/h6-9,14-15,17,19H,5,10-13H2,1-4H3. The minimum atomic E-state index is 0.414. The third-order valence-electron chi connectivity index (χ3n) is 4.71. The molecule has 2 unspecified atom stereocenters. The maximum Gasteiger partial charge on any atom is 0.0637 e. The van der Waals surface area contributed by atoms with Crippen molar-refractivity contribution in [2.24, 2.45) is 5.92 Å². The maximum atomic E-state index is 5.34. The van der Waals surface area contributed by atoms with Gasteiger partial charge in [0, 0.05) is 31.4 Å². The largest absolute Gasteiger partial charge is 0.383 e. The van der Waals surface area contributed by atoms with Crippen molar-refractivity contribution in [2.75, 3.05) is 32.2 Å². The monoisotopic (exact) mass is 290 g/mol. The molecule has 0 radical (unpaired) electrons. The molecular weight excluding hydrogens is 260 g/mol. The molecule has 1 fully saturated rings. The fourth-order valence-corrected chi connectivity index (χ4v) is 3.19. The Morgan fingerprint density at radius 3 is 2.62 bits per heavy atom. The number of rotatable bonds is 9. The van der Waals surface area contributed by atoms with Gasteiger partial charge in [0.25, 0.3) is 0 Å². The first-order chi connectivity index (χ1) is 10.2. The topological polar surface area (TPSA) is 24.5 Å². The maximum absolute atomic E-state index is 5.34. The number of hydrogen-bond acceptors (Lipinski definition) is 3. The summed E-state index contributed by atoms with van der Waals surface area (Å²) in [5.74, 6) is 0.851. The first-order valence-corrected chi connectivity index (χ1v) is 8.24. The molecule has 2 atom stereocenters. The van der Waals surface area contributed by atoms with Gasteiger partial charge in [0.1, 0.15) is 0 Å². The molecule has 1 aliphatic carbocycles. The van der Waals surface area contributed by atoms with E-state index in [-0.39, 0.29) is 0 Å². The summed E-state index contributed by atoms with van der Waals surface area (Å²) in [7, 11) is 3.84. The summed E-state index contributed by atoms with van der Waals surface area (Å²) in [5.41, 5.74) is 2.78. The predicted molar refractivity (Wildman–Crippen MR) is 89.9 cm³/mol. The molecule has 1 saturated carbocycles. The molecule has 0 heterocycles. The predicted octanol–water partition coefficient (Wildman–Crippen LogP) is 3.61. The summed E-state index contributed by atoms with van der Waals surface area (Å²) >= 11 is 0. The van der Waals surface area contributed by atoms with Gasteiger partial charge in [-0.25, -0.2) is 0 Å². The van der Waals surface area contributed by atoms with E-state index in [4.69, 9.17) is 4.74 Å². The minimum Gasteiger partial charge on any atom is -0.383 e. The highest BCUT2D eigenvalue weighted by atomic mass is 16.5. The molecule has 1 aliphatic rings. The number of para-hydroxylation sites is 1. The van der Waals surface area contributed by atoms with E-state index in [2.05, 4.69) is 55.4 Å². The first-order valence-electron chi connectivity index (χ1n) is 8.24.